The predicted molar refractivity (Wildman–Crippen MR) is 165 cm³/mol. The Morgan fingerprint density at radius 3 is 1.72 bits per heavy atom. The number of rotatable bonds is 19. The molecule has 5 unspecified atom stereocenters. The molecular formula is C35H58Si. The van der Waals surface area contributed by atoms with Gasteiger partial charge in [-0.2, -0.15) is 0 Å². The van der Waals surface area contributed by atoms with E-state index in [1.165, 1.54) is 115 Å². The fraction of sp³-hybridized carbons (Fsp3) is 0.714. The average molecular weight is 507 g/mol. The molecule has 5 atom stereocenters. The van der Waals surface area contributed by atoms with Crippen molar-refractivity contribution in [2.75, 3.05) is 0 Å². The van der Waals surface area contributed by atoms with Crippen molar-refractivity contribution in [3.8, 4) is 0 Å². The predicted octanol–water partition coefficient (Wildman–Crippen LogP) is 11.0. The summed E-state index contributed by atoms with van der Waals surface area (Å²) in [5.74, 6) is 2.42. The molecule has 36 heavy (non-hydrogen) atoms. The monoisotopic (exact) mass is 506 g/mol. The van der Waals surface area contributed by atoms with Crippen molar-refractivity contribution in [1.82, 2.24) is 0 Å². The van der Waals surface area contributed by atoms with E-state index >= 15 is 0 Å². The summed E-state index contributed by atoms with van der Waals surface area (Å²) in [6.07, 6.45) is 34.4. The van der Waals surface area contributed by atoms with Gasteiger partial charge in [-0.3, -0.25) is 0 Å². The Labute approximate surface area is 226 Å². The third-order valence-electron chi connectivity index (χ3n) is 9.69. The number of fused-ring (bicyclic) bond motifs is 1. The number of allylic oxidation sites excluding steroid dienone is 4. The van der Waals surface area contributed by atoms with Gasteiger partial charge in [0.1, 0.15) is 0 Å². The molecule has 0 aliphatic heterocycles. The van der Waals surface area contributed by atoms with Gasteiger partial charge in [0.2, 0.25) is 0 Å². The summed E-state index contributed by atoms with van der Waals surface area (Å²) >= 11 is 0. The molecule has 0 bridgehead atoms. The van der Waals surface area contributed by atoms with E-state index in [1.807, 2.05) is 0 Å². The van der Waals surface area contributed by atoms with Crippen LogP contribution in [0.3, 0.4) is 0 Å². The number of hydrogen-bond donors (Lipinski definition) is 0. The highest BCUT2D eigenvalue weighted by atomic mass is 28.3. The van der Waals surface area contributed by atoms with E-state index in [4.69, 9.17) is 0 Å². The van der Waals surface area contributed by atoms with E-state index in [-0.39, 0.29) is 0 Å². The first-order valence-corrected chi connectivity index (χ1v) is 18.9. The Bertz CT molecular complexity index is 749. The van der Waals surface area contributed by atoms with Gasteiger partial charge in [-0.1, -0.05) is 189 Å². The van der Waals surface area contributed by atoms with Crippen molar-refractivity contribution in [3.63, 3.8) is 0 Å². The van der Waals surface area contributed by atoms with E-state index in [9.17, 15) is 0 Å². The summed E-state index contributed by atoms with van der Waals surface area (Å²) in [5, 5.41) is 1.71. The van der Waals surface area contributed by atoms with Crippen molar-refractivity contribution in [1.29, 1.82) is 0 Å². The maximum Gasteiger partial charge on any atom is 0.0875 e. The minimum atomic E-state index is -1.56. The molecule has 3 rings (SSSR count). The first kappa shape index (κ1) is 29.5. The van der Waals surface area contributed by atoms with E-state index in [2.05, 4.69) is 75.0 Å². The minimum Gasteiger partial charge on any atom is -0.0808 e. The topological polar surface area (TPSA) is 0 Å². The molecule has 2 aliphatic carbocycles. The van der Waals surface area contributed by atoms with E-state index in [0.717, 1.165) is 23.3 Å². The minimum absolute atomic E-state index is 0.780. The van der Waals surface area contributed by atoms with Gasteiger partial charge in [0.15, 0.2) is 0 Å². The number of benzene rings is 1. The molecule has 1 fully saturated rings. The van der Waals surface area contributed by atoms with Crippen LogP contribution in [0.2, 0.25) is 18.1 Å². The van der Waals surface area contributed by atoms with E-state index in [0.29, 0.717) is 0 Å². The highest BCUT2D eigenvalue weighted by Crippen LogP contribution is 2.53. The van der Waals surface area contributed by atoms with Crippen molar-refractivity contribution in [2.24, 2.45) is 17.8 Å². The van der Waals surface area contributed by atoms with Crippen molar-refractivity contribution in [2.45, 2.75) is 141 Å². The molecule has 0 saturated heterocycles. The third kappa shape index (κ3) is 9.04. The number of hydrogen-bond acceptors (Lipinski definition) is 0. The molecule has 1 saturated carbocycles. The highest BCUT2D eigenvalue weighted by Gasteiger charge is 2.50. The molecule has 1 aromatic carbocycles. The van der Waals surface area contributed by atoms with Gasteiger partial charge in [0.25, 0.3) is 0 Å². The van der Waals surface area contributed by atoms with Gasteiger partial charge < -0.3 is 0 Å². The van der Waals surface area contributed by atoms with Gasteiger partial charge in [0.05, 0.1) is 8.07 Å². The Hall–Kier alpha value is -1.08. The lowest BCUT2D eigenvalue weighted by atomic mass is 9.92. The lowest BCUT2D eigenvalue weighted by Crippen LogP contribution is -2.51. The van der Waals surface area contributed by atoms with Gasteiger partial charge in [-0.15, -0.1) is 0 Å². The molecule has 0 spiro atoms. The maximum atomic E-state index is 2.74. The summed E-state index contributed by atoms with van der Waals surface area (Å²) in [4.78, 5) is 0. The van der Waals surface area contributed by atoms with E-state index in [1.54, 1.807) is 5.19 Å². The second kappa shape index (κ2) is 16.7. The van der Waals surface area contributed by atoms with Gasteiger partial charge >= 0.3 is 0 Å². The molecule has 1 aromatic rings. The van der Waals surface area contributed by atoms with Crippen LogP contribution in [-0.4, -0.2) is 8.07 Å². The smallest absolute Gasteiger partial charge is 0.0808 e. The lowest BCUT2D eigenvalue weighted by Gasteiger charge is -2.40. The quantitative estimate of drug-likeness (QED) is 0.129. The summed E-state index contributed by atoms with van der Waals surface area (Å²) in [6, 6.07) is 13.2. The molecule has 0 amide bonds. The van der Waals surface area contributed by atoms with Crippen molar-refractivity contribution < 1.29 is 0 Å². The van der Waals surface area contributed by atoms with Crippen LogP contribution in [0.15, 0.2) is 54.6 Å². The Morgan fingerprint density at radius 1 is 0.667 bits per heavy atom. The van der Waals surface area contributed by atoms with Crippen molar-refractivity contribution in [3.05, 3.63) is 54.6 Å². The molecule has 2 aliphatic rings. The molecule has 1 heteroatoms. The average Bonchev–Trinajstić information content (AvgIpc) is 3.25. The normalized spacial score (nSPS) is 24.6. The Balaban J connectivity index is 1.31. The third-order valence-corrected chi connectivity index (χ3v) is 15.2. The Morgan fingerprint density at radius 2 is 1.17 bits per heavy atom. The molecule has 0 N–H and O–H groups in total. The zero-order chi connectivity index (χ0) is 25.5. The van der Waals surface area contributed by atoms with Crippen LogP contribution in [0.4, 0.5) is 0 Å². The van der Waals surface area contributed by atoms with Crippen LogP contribution in [0.1, 0.15) is 123 Å². The largest absolute Gasteiger partial charge is 0.0875 e. The first-order chi connectivity index (χ1) is 17.7. The van der Waals surface area contributed by atoms with Gasteiger partial charge in [0, 0.05) is 0 Å². The maximum absolute atomic E-state index is 2.74. The van der Waals surface area contributed by atoms with Crippen LogP contribution in [-0.2, 0) is 0 Å². The molecular weight excluding hydrogens is 448 g/mol. The van der Waals surface area contributed by atoms with E-state index < -0.39 is 8.07 Å². The van der Waals surface area contributed by atoms with Crippen LogP contribution < -0.4 is 5.19 Å². The lowest BCUT2D eigenvalue weighted by molar-refractivity contribution is 0.528. The fourth-order valence-corrected chi connectivity index (χ4v) is 13.2. The summed E-state index contributed by atoms with van der Waals surface area (Å²) in [6.45, 7) is 7.61. The molecule has 0 heterocycles. The standard InChI is InChI=1S/C35H58Si/c1-4-5-6-7-8-9-10-11-12-13-14-15-16-17-18-24-29-36(3,33-26-20-19-21-27-33)35-31(2)30-32-25-22-23-28-34(32)35/h19-23,25-28,31-32,34-35H,4-18,24,29-30H2,1-3H3. The SMILES string of the molecule is CCCCCCCCCCCCCCCCCC[Si](C)(c1ccccc1)C1C(C)CC2C=CC=CC21. The Kier molecular flexibility index (Phi) is 13.7. The van der Waals surface area contributed by atoms with Gasteiger partial charge in [-0.25, -0.2) is 0 Å². The molecule has 0 aromatic heterocycles. The first-order valence-electron chi connectivity index (χ1n) is 16.1. The molecule has 0 nitrogen and oxygen atoms in total. The molecule has 0 radical (unpaired) electrons. The zero-order valence-electron chi connectivity index (χ0n) is 24.2. The van der Waals surface area contributed by atoms with Gasteiger partial charge in [-0.05, 0) is 29.7 Å². The zero-order valence-corrected chi connectivity index (χ0v) is 25.2. The highest BCUT2D eigenvalue weighted by molar-refractivity contribution is 6.92. The van der Waals surface area contributed by atoms with Crippen LogP contribution in [0.25, 0.3) is 0 Å². The summed E-state index contributed by atoms with van der Waals surface area (Å²) in [5.41, 5.74) is 0.891. The fourth-order valence-electron chi connectivity index (χ4n) is 7.66. The summed E-state index contributed by atoms with van der Waals surface area (Å²) < 4.78 is 0. The van der Waals surface area contributed by atoms with Crippen LogP contribution in [0, 0.1) is 17.8 Å². The van der Waals surface area contributed by atoms with Crippen LogP contribution >= 0.6 is 0 Å². The second-order valence-electron chi connectivity index (χ2n) is 12.6. The number of unbranched alkanes of at least 4 members (excludes halogenated alkanes) is 15. The van der Waals surface area contributed by atoms with Crippen LogP contribution in [0.5, 0.6) is 0 Å². The molecule has 202 valence electrons. The second-order valence-corrected chi connectivity index (χ2v) is 17.2. The van der Waals surface area contributed by atoms with Crippen molar-refractivity contribution >= 4 is 13.3 Å². The summed E-state index contributed by atoms with van der Waals surface area (Å²) in [7, 11) is -1.56.